The summed E-state index contributed by atoms with van der Waals surface area (Å²) in [5, 5.41) is 10.9. The third-order valence-electron chi connectivity index (χ3n) is 5.03. The van der Waals surface area contributed by atoms with Crippen molar-refractivity contribution in [3.63, 3.8) is 0 Å². The van der Waals surface area contributed by atoms with E-state index in [-0.39, 0.29) is 10.6 Å². The molecule has 1 unspecified atom stereocenters. The number of phenolic OH excluding ortho intramolecular Hbond substituents is 1. The number of nitrogens with two attached hydrogens (primary N) is 1. The standard InChI is InChI=1S/C24H38N2O4S/c1-6-7-8-12-21-16-15-20(14-13-18(4)11-9-10-17(2)3)22(27)23(21)31(29,30)26-24(28)19(5)25/h10,13,15-16,19,27H,6-9,11-12,14,25H2,1-5H3,(H,26,28)/b18-13+. The fourth-order valence-electron chi connectivity index (χ4n) is 3.13. The van der Waals surface area contributed by atoms with Crippen molar-refractivity contribution in [1.82, 2.24) is 4.72 Å². The second-order valence-corrected chi connectivity index (χ2v) is 9.97. The summed E-state index contributed by atoms with van der Waals surface area (Å²) in [6, 6.07) is 2.53. The lowest BCUT2D eigenvalue weighted by Crippen LogP contribution is -2.41. The first kappa shape index (κ1) is 26.9. The lowest BCUT2D eigenvalue weighted by Gasteiger charge is -2.16. The average molecular weight is 451 g/mol. The average Bonchev–Trinajstić information content (AvgIpc) is 2.66. The Kier molecular flexibility index (Phi) is 11.0. The second-order valence-electron chi connectivity index (χ2n) is 8.35. The first-order chi connectivity index (χ1) is 14.5. The van der Waals surface area contributed by atoms with E-state index in [9.17, 15) is 18.3 Å². The molecule has 7 heteroatoms. The molecule has 1 amide bonds. The van der Waals surface area contributed by atoms with E-state index < -0.39 is 22.0 Å². The van der Waals surface area contributed by atoms with Gasteiger partial charge in [0.2, 0.25) is 5.91 Å². The van der Waals surface area contributed by atoms with Gasteiger partial charge in [0.25, 0.3) is 10.0 Å². The number of aryl methyl sites for hydroxylation is 1. The minimum Gasteiger partial charge on any atom is -0.506 e. The number of aromatic hydroxyl groups is 1. The number of sulfonamides is 1. The van der Waals surface area contributed by atoms with Crippen LogP contribution in [0, 0.1) is 0 Å². The first-order valence-electron chi connectivity index (χ1n) is 10.9. The molecule has 31 heavy (non-hydrogen) atoms. The summed E-state index contributed by atoms with van der Waals surface area (Å²) in [6.07, 6.45) is 9.65. The van der Waals surface area contributed by atoms with E-state index in [0.717, 1.165) is 32.1 Å². The molecule has 0 fully saturated rings. The summed E-state index contributed by atoms with van der Waals surface area (Å²) in [5.41, 5.74) is 8.96. The number of amides is 1. The van der Waals surface area contributed by atoms with Gasteiger partial charge < -0.3 is 10.8 Å². The molecule has 0 saturated heterocycles. The Morgan fingerprint density at radius 3 is 2.39 bits per heavy atom. The van der Waals surface area contributed by atoms with Crippen LogP contribution in [-0.4, -0.2) is 25.5 Å². The molecule has 1 rings (SSSR count). The molecule has 0 radical (unpaired) electrons. The number of allylic oxidation sites excluding steroid dienone is 4. The van der Waals surface area contributed by atoms with E-state index in [1.807, 2.05) is 17.7 Å². The molecule has 0 bridgehead atoms. The predicted molar refractivity (Wildman–Crippen MR) is 126 cm³/mol. The van der Waals surface area contributed by atoms with E-state index in [4.69, 9.17) is 5.73 Å². The molecule has 0 aromatic heterocycles. The molecule has 0 aliphatic rings. The predicted octanol–water partition coefficient (Wildman–Crippen LogP) is 4.51. The summed E-state index contributed by atoms with van der Waals surface area (Å²) >= 11 is 0. The molecule has 4 N–H and O–H groups in total. The van der Waals surface area contributed by atoms with Crippen molar-refractivity contribution in [2.75, 3.05) is 0 Å². The van der Waals surface area contributed by atoms with Crippen molar-refractivity contribution >= 4 is 15.9 Å². The highest BCUT2D eigenvalue weighted by Crippen LogP contribution is 2.32. The number of rotatable bonds is 12. The van der Waals surface area contributed by atoms with Crippen LogP contribution in [-0.2, 0) is 27.7 Å². The van der Waals surface area contributed by atoms with Gasteiger partial charge in [0.05, 0.1) is 6.04 Å². The zero-order valence-electron chi connectivity index (χ0n) is 19.5. The fourth-order valence-corrected chi connectivity index (χ4v) is 4.59. The van der Waals surface area contributed by atoms with E-state index in [0.29, 0.717) is 24.0 Å². The molecule has 1 aromatic rings. The van der Waals surface area contributed by atoms with Crippen LogP contribution >= 0.6 is 0 Å². The molecule has 0 aliphatic heterocycles. The molecule has 1 atom stereocenters. The third-order valence-corrected chi connectivity index (χ3v) is 6.49. The Morgan fingerprint density at radius 2 is 1.81 bits per heavy atom. The van der Waals surface area contributed by atoms with E-state index in [2.05, 4.69) is 26.8 Å². The van der Waals surface area contributed by atoms with Gasteiger partial charge >= 0.3 is 0 Å². The highest BCUT2D eigenvalue weighted by Gasteiger charge is 2.27. The van der Waals surface area contributed by atoms with E-state index >= 15 is 0 Å². The zero-order valence-corrected chi connectivity index (χ0v) is 20.3. The minimum atomic E-state index is -4.25. The van der Waals surface area contributed by atoms with Gasteiger partial charge in [-0.15, -0.1) is 0 Å². The highest BCUT2D eigenvalue weighted by molar-refractivity contribution is 7.90. The monoisotopic (exact) mass is 450 g/mol. The molecule has 0 saturated carbocycles. The van der Waals surface area contributed by atoms with Gasteiger partial charge in [0.1, 0.15) is 10.6 Å². The highest BCUT2D eigenvalue weighted by atomic mass is 32.2. The van der Waals surface area contributed by atoms with Crippen LogP contribution in [0.1, 0.15) is 77.8 Å². The third kappa shape index (κ3) is 8.87. The normalized spacial score (nSPS) is 13.0. The van der Waals surface area contributed by atoms with Crippen molar-refractivity contribution in [3.05, 3.63) is 46.6 Å². The van der Waals surface area contributed by atoms with Crippen molar-refractivity contribution in [1.29, 1.82) is 0 Å². The van der Waals surface area contributed by atoms with Crippen LogP contribution in [0.4, 0.5) is 0 Å². The molecule has 0 aliphatic carbocycles. The second kappa shape index (κ2) is 12.7. The summed E-state index contributed by atoms with van der Waals surface area (Å²) in [5.74, 6) is -1.10. The van der Waals surface area contributed by atoms with Crippen LogP contribution in [0.25, 0.3) is 0 Å². The lowest BCUT2D eigenvalue weighted by atomic mass is 10.0. The van der Waals surface area contributed by atoms with Gasteiger partial charge in [-0.3, -0.25) is 4.79 Å². The molecule has 0 heterocycles. The van der Waals surface area contributed by atoms with Gasteiger partial charge in [-0.05, 0) is 70.9 Å². The van der Waals surface area contributed by atoms with Gasteiger partial charge in [-0.25, -0.2) is 13.1 Å². The van der Waals surface area contributed by atoms with Gasteiger partial charge in [-0.2, -0.15) is 0 Å². The molecular formula is C24H38N2O4S. The number of carbonyl (C=O) groups is 1. The zero-order chi connectivity index (χ0) is 23.6. The Morgan fingerprint density at radius 1 is 1.16 bits per heavy atom. The number of carbonyl (C=O) groups excluding carboxylic acids is 1. The van der Waals surface area contributed by atoms with Crippen LogP contribution in [0.2, 0.25) is 0 Å². The van der Waals surface area contributed by atoms with Crippen molar-refractivity contribution in [2.24, 2.45) is 5.73 Å². The topological polar surface area (TPSA) is 109 Å². The number of hydrogen-bond donors (Lipinski definition) is 3. The van der Waals surface area contributed by atoms with Crippen LogP contribution in [0.15, 0.2) is 40.3 Å². The van der Waals surface area contributed by atoms with E-state index in [1.165, 1.54) is 18.1 Å². The number of nitrogens with one attached hydrogen (secondary N) is 1. The maximum atomic E-state index is 12.9. The van der Waals surface area contributed by atoms with Gasteiger partial charge in [-0.1, -0.05) is 55.2 Å². The van der Waals surface area contributed by atoms with Crippen LogP contribution in [0.3, 0.4) is 0 Å². The van der Waals surface area contributed by atoms with E-state index in [1.54, 1.807) is 12.1 Å². The van der Waals surface area contributed by atoms with Crippen LogP contribution in [0.5, 0.6) is 5.75 Å². The Labute approximate surface area is 187 Å². The van der Waals surface area contributed by atoms with Crippen molar-refractivity contribution in [3.8, 4) is 5.75 Å². The molecule has 174 valence electrons. The maximum absolute atomic E-state index is 12.9. The summed E-state index contributed by atoms with van der Waals surface area (Å²) in [6.45, 7) is 9.62. The largest absolute Gasteiger partial charge is 0.506 e. The van der Waals surface area contributed by atoms with Crippen molar-refractivity contribution < 1.29 is 18.3 Å². The molecular weight excluding hydrogens is 412 g/mol. The Bertz CT molecular complexity index is 912. The van der Waals surface area contributed by atoms with Crippen LogP contribution < -0.4 is 10.5 Å². The lowest BCUT2D eigenvalue weighted by molar-refractivity contribution is -0.120. The quantitative estimate of drug-likeness (QED) is 0.320. The summed E-state index contributed by atoms with van der Waals surface area (Å²) in [7, 11) is -4.25. The molecule has 6 nitrogen and oxygen atoms in total. The number of hydrogen-bond acceptors (Lipinski definition) is 5. The van der Waals surface area contributed by atoms with Crippen molar-refractivity contribution in [2.45, 2.75) is 90.5 Å². The molecule has 1 aromatic carbocycles. The minimum absolute atomic E-state index is 0.217. The number of phenols is 1. The summed E-state index contributed by atoms with van der Waals surface area (Å²) < 4.78 is 27.9. The Balaban J connectivity index is 3.25. The SMILES string of the molecule is CCCCCc1ccc(C/C=C(\C)CCC=C(C)C)c(O)c1S(=O)(=O)NC(=O)C(C)N. The smallest absolute Gasteiger partial charge is 0.268 e. The number of benzene rings is 1. The van der Waals surface area contributed by atoms with Gasteiger partial charge in [0, 0.05) is 0 Å². The van der Waals surface area contributed by atoms with Gasteiger partial charge in [0.15, 0.2) is 0 Å². The Hall–Kier alpha value is -2.12. The number of unbranched alkanes of at least 4 members (excludes halogenated alkanes) is 2. The fraction of sp³-hybridized carbons (Fsp3) is 0.542. The maximum Gasteiger partial charge on any atom is 0.268 e. The first-order valence-corrected chi connectivity index (χ1v) is 12.4. The molecule has 0 spiro atoms. The summed E-state index contributed by atoms with van der Waals surface area (Å²) in [4.78, 5) is 11.7.